The summed E-state index contributed by atoms with van der Waals surface area (Å²) >= 11 is 0. The fraction of sp³-hybridized carbons (Fsp3) is 0.467. The van der Waals surface area contributed by atoms with E-state index in [1.165, 1.54) is 44.2 Å². The van der Waals surface area contributed by atoms with Crippen LogP contribution >= 0.6 is 0 Å². The number of hydrogen-bond donors (Lipinski definition) is 0. The van der Waals surface area contributed by atoms with Crippen molar-refractivity contribution in [1.29, 1.82) is 0 Å². The van der Waals surface area contributed by atoms with Crippen molar-refractivity contribution in [1.82, 2.24) is 0 Å². The lowest BCUT2D eigenvalue weighted by Crippen LogP contribution is -1.78. The molecule has 0 fully saturated rings. The minimum atomic E-state index is -0.204. The zero-order chi connectivity index (χ0) is 11.6. The van der Waals surface area contributed by atoms with Gasteiger partial charge in [-0.25, -0.2) is 4.39 Å². The van der Waals surface area contributed by atoms with Crippen molar-refractivity contribution >= 4 is 0 Å². The van der Waals surface area contributed by atoms with E-state index in [1.807, 2.05) is 0 Å². The Kier molecular flexibility index (Phi) is 6.33. The maximum atomic E-state index is 12.6. The molecule has 1 rings (SSSR count). The highest BCUT2D eigenvalue weighted by molar-refractivity contribution is 5.33. The molecule has 16 heavy (non-hydrogen) atoms. The Bertz CT molecular complexity index is 340. The van der Waals surface area contributed by atoms with E-state index < -0.39 is 0 Å². The van der Waals surface area contributed by atoms with Crippen LogP contribution in [-0.2, 0) is 0 Å². The highest BCUT2D eigenvalue weighted by Gasteiger charge is 1.89. The van der Waals surface area contributed by atoms with Gasteiger partial charge in [-0.2, -0.15) is 0 Å². The van der Waals surface area contributed by atoms with Crippen molar-refractivity contribution in [3.05, 3.63) is 35.6 Å². The quantitative estimate of drug-likeness (QED) is 0.503. The van der Waals surface area contributed by atoms with Crippen LogP contribution in [0.5, 0.6) is 0 Å². The lowest BCUT2D eigenvalue weighted by molar-refractivity contribution is 0.627. The summed E-state index contributed by atoms with van der Waals surface area (Å²) in [6.07, 6.45) is 7.31. The molecule has 0 aliphatic rings. The normalized spacial score (nSPS) is 9.62. The molecule has 0 aromatic heterocycles. The first-order chi connectivity index (χ1) is 7.83. The second kappa shape index (κ2) is 7.93. The van der Waals surface area contributed by atoms with E-state index in [9.17, 15) is 4.39 Å². The highest BCUT2D eigenvalue weighted by atomic mass is 19.1. The zero-order valence-electron chi connectivity index (χ0n) is 9.93. The van der Waals surface area contributed by atoms with Crippen LogP contribution in [-0.4, -0.2) is 0 Å². The van der Waals surface area contributed by atoms with E-state index in [4.69, 9.17) is 0 Å². The molecule has 0 aliphatic heterocycles. The zero-order valence-corrected chi connectivity index (χ0v) is 9.93. The molecule has 0 saturated heterocycles. The molecule has 0 heterocycles. The fourth-order valence-electron chi connectivity index (χ4n) is 1.51. The average Bonchev–Trinajstić information content (AvgIpc) is 2.30. The summed E-state index contributed by atoms with van der Waals surface area (Å²) in [6.45, 7) is 2.22. The van der Waals surface area contributed by atoms with E-state index in [0.717, 1.165) is 12.0 Å². The van der Waals surface area contributed by atoms with Crippen LogP contribution in [0.4, 0.5) is 4.39 Å². The second-order valence-corrected chi connectivity index (χ2v) is 3.97. The molecule has 0 saturated carbocycles. The van der Waals surface area contributed by atoms with Crippen molar-refractivity contribution in [2.75, 3.05) is 0 Å². The lowest BCUT2D eigenvalue weighted by atomic mass is 10.1. The van der Waals surface area contributed by atoms with Crippen LogP contribution in [0, 0.1) is 17.7 Å². The van der Waals surface area contributed by atoms with Crippen LogP contribution in [0.25, 0.3) is 0 Å². The van der Waals surface area contributed by atoms with Gasteiger partial charge in [0.1, 0.15) is 5.82 Å². The lowest BCUT2D eigenvalue weighted by Gasteiger charge is -1.94. The van der Waals surface area contributed by atoms with Crippen LogP contribution < -0.4 is 0 Å². The molecule has 0 nitrogen and oxygen atoms in total. The molecule has 86 valence electrons. The molecule has 0 spiro atoms. The largest absolute Gasteiger partial charge is 0.207 e. The van der Waals surface area contributed by atoms with Crippen LogP contribution in [0.3, 0.4) is 0 Å². The molecule has 0 atom stereocenters. The minimum Gasteiger partial charge on any atom is -0.207 e. The van der Waals surface area contributed by atoms with Gasteiger partial charge in [0, 0.05) is 12.0 Å². The summed E-state index contributed by atoms with van der Waals surface area (Å²) in [5, 5.41) is 0. The van der Waals surface area contributed by atoms with Crippen molar-refractivity contribution in [3.63, 3.8) is 0 Å². The molecular weight excluding hydrogens is 199 g/mol. The van der Waals surface area contributed by atoms with Crippen molar-refractivity contribution in [2.45, 2.75) is 45.4 Å². The number of rotatable bonds is 5. The molecule has 0 aliphatic carbocycles. The maximum Gasteiger partial charge on any atom is 0.123 e. The van der Waals surface area contributed by atoms with E-state index in [0.29, 0.717) is 0 Å². The standard InChI is InChI=1S/C15H19F/c1-2-3-4-5-6-7-8-9-14-10-12-15(16)13-11-14/h10-13H,2-7H2,1H3. The number of unbranched alkanes of at least 4 members (excludes halogenated alkanes) is 5. The predicted octanol–water partition coefficient (Wildman–Crippen LogP) is 4.54. The first-order valence-electron chi connectivity index (χ1n) is 6.07. The Morgan fingerprint density at radius 2 is 1.69 bits per heavy atom. The average molecular weight is 218 g/mol. The monoisotopic (exact) mass is 218 g/mol. The Labute approximate surface area is 97.9 Å². The summed E-state index contributed by atoms with van der Waals surface area (Å²) in [7, 11) is 0. The fourth-order valence-corrected chi connectivity index (χ4v) is 1.51. The summed E-state index contributed by atoms with van der Waals surface area (Å²) in [5.41, 5.74) is 0.898. The van der Waals surface area contributed by atoms with Crippen LogP contribution in [0.2, 0.25) is 0 Å². The van der Waals surface area contributed by atoms with Gasteiger partial charge in [-0.3, -0.25) is 0 Å². The molecule has 1 aromatic rings. The number of benzene rings is 1. The number of halogens is 1. The van der Waals surface area contributed by atoms with Gasteiger partial charge in [0.05, 0.1) is 0 Å². The van der Waals surface area contributed by atoms with Crippen LogP contribution in [0.1, 0.15) is 51.0 Å². The molecule has 0 unspecified atom stereocenters. The third kappa shape index (κ3) is 5.56. The van der Waals surface area contributed by atoms with Crippen molar-refractivity contribution in [2.24, 2.45) is 0 Å². The van der Waals surface area contributed by atoms with E-state index in [-0.39, 0.29) is 5.82 Å². The first-order valence-corrected chi connectivity index (χ1v) is 6.07. The molecule has 1 heteroatoms. The second-order valence-electron chi connectivity index (χ2n) is 3.97. The Morgan fingerprint density at radius 3 is 2.38 bits per heavy atom. The van der Waals surface area contributed by atoms with Gasteiger partial charge in [0.25, 0.3) is 0 Å². The number of hydrogen-bond acceptors (Lipinski definition) is 0. The summed E-state index contributed by atoms with van der Waals surface area (Å²) in [5.74, 6) is 5.97. The molecule has 1 aromatic carbocycles. The summed E-state index contributed by atoms with van der Waals surface area (Å²) in [4.78, 5) is 0. The topological polar surface area (TPSA) is 0 Å². The Balaban J connectivity index is 2.20. The minimum absolute atomic E-state index is 0.204. The van der Waals surface area contributed by atoms with Gasteiger partial charge in [-0.1, -0.05) is 44.4 Å². The van der Waals surface area contributed by atoms with Gasteiger partial charge in [0.15, 0.2) is 0 Å². The SMILES string of the molecule is CCCCCCCC#Cc1ccc(F)cc1. The first kappa shape index (κ1) is 12.8. The van der Waals surface area contributed by atoms with E-state index >= 15 is 0 Å². The molecule has 0 N–H and O–H groups in total. The van der Waals surface area contributed by atoms with E-state index in [2.05, 4.69) is 18.8 Å². The third-order valence-corrected chi connectivity index (χ3v) is 2.48. The van der Waals surface area contributed by atoms with Crippen molar-refractivity contribution in [3.8, 4) is 11.8 Å². The molecule has 0 radical (unpaired) electrons. The molecule has 0 bridgehead atoms. The van der Waals surface area contributed by atoms with Gasteiger partial charge in [-0.05, 0) is 30.7 Å². The van der Waals surface area contributed by atoms with Crippen molar-refractivity contribution < 1.29 is 4.39 Å². The van der Waals surface area contributed by atoms with Gasteiger partial charge in [-0.15, -0.1) is 0 Å². The van der Waals surface area contributed by atoms with Gasteiger partial charge >= 0.3 is 0 Å². The molecular formula is C15H19F. The van der Waals surface area contributed by atoms with Gasteiger partial charge < -0.3 is 0 Å². The summed E-state index contributed by atoms with van der Waals surface area (Å²) < 4.78 is 12.6. The van der Waals surface area contributed by atoms with Gasteiger partial charge in [0.2, 0.25) is 0 Å². The Morgan fingerprint density at radius 1 is 1.00 bits per heavy atom. The highest BCUT2D eigenvalue weighted by Crippen LogP contribution is 2.05. The van der Waals surface area contributed by atoms with E-state index in [1.54, 1.807) is 12.1 Å². The third-order valence-electron chi connectivity index (χ3n) is 2.48. The smallest absolute Gasteiger partial charge is 0.123 e. The Hall–Kier alpha value is -1.29. The maximum absolute atomic E-state index is 12.6. The molecule has 0 amide bonds. The predicted molar refractivity (Wildman–Crippen MR) is 66.7 cm³/mol. The van der Waals surface area contributed by atoms with Crippen LogP contribution in [0.15, 0.2) is 24.3 Å². The summed E-state index contributed by atoms with van der Waals surface area (Å²) in [6, 6.07) is 6.34.